The highest BCUT2D eigenvalue weighted by atomic mass is 16.2. The molecule has 0 aromatic heterocycles. The zero-order valence-corrected chi connectivity index (χ0v) is 13.3. The molecule has 1 amide bonds. The third-order valence-electron chi connectivity index (χ3n) is 7.87. The molecule has 6 fully saturated rings. The smallest absolute Gasteiger partial charge is 0.229 e. The summed E-state index contributed by atoms with van der Waals surface area (Å²) in [5.41, 5.74) is 0.398. The molecule has 0 aromatic carbocycles. The van der Waals surface area contributed by atoms with Crippen molar-refractivity contribution in [2.45, 2.75) is 82.6 Å². The van der Waals surface area contributed by atoms with Crippen molar-refractivity contribution in [3.05, 3.63) is 0 Å². The second-order valence-corrected chi connectivity index (χ2v) is 9.19. The number of carbonyl (C=O) groups excluding carboxylic acids is 1. The summed E-state index contributed by atoms with van der Waals surface area (Å²) in [6.45, 7) is 1.07. The standard InChI is InChI=1S/C19H29NO/c21-17(20-7-3-6-19(20)4-1-2-5-19)18-11-14-8-15(12-18)10-16(9-14)13-18/h14-16H,1-13H2. The van der Waals surface area contributed by atoms with E-state index in [1.54, 1.807) is 0 Å². The molecule has 0 unspecified atom stereocenters. The summed E-state index contributed by atoms with van der Waals surface area (Å²) in [6, 6.07) is 0. The Hall–Kier alpha value is -0.530. The Labute approximate surface area is 128 Å². The first kappa shape index (κ1) is 13.0. The van der Waals surface area contributed by atoms with Crippen LogP contribution >= 0.6 is 0 Å². The third-order valence-corrected chi connectivity index (χ3v) is 7.87. The maximum atomic E-state index is 13.6. The number of amides is 1. The Morgan fingerprint density at radius 2 is 1.33 bits per heavy atom. The topological polar surface area (TPSA) is 20.3 Å². The number of nitrogens with zero attached hydrogens (tertiary/aromatic N) is 1. The number of hydrogen-bond acceptors (Lipinski definition) is 1. The normalized spacial score (nSPS) is 46.7. The Kier molecular flexibility index (Phi) is 2.63. The Morgan fingerprint density at radius 3 is 1.90 bits per heavy atom. The van der Waals surface area contributed by atoms with Crippen LogP contribution in [-0.4, -0.2) is 22.9 Å². The molecule has 1 heterocycles. The van der Waals surface area contributed by atoms with E-state index in [9.17, 15) is 4.79 Å². The van der Waals surface area contributed by atoms with Gasteiger partial charge in [0.2, 0.25) is 5.91 Å². The minimum atomic E-state index is 0.0919. The van der Waals surface area contributed by atoms with Gasteiger partial charge in [-0.15, -0.1) is 0 Å². The summed E-state index contributed by atoms with van der Waals surface area (Å²) in [5.74, 6) is 3.29. The van der Waals surface area contributed by atoms with Crippen molar-refractivity contribution in [3.63, 3.8) is 0 Å². The fraction of sp³-hybridized carbons (Fsp3) is 0.947. The van der Waals surface area contributed by atoms with E-state index in [4.69, 9.17) is 0 Å². The molecular formula is C19H29NO. The third kappa shape index (κ3) is 1.74. The molecule has 6 rings (SSSR count). The van der Waals surface area contributed by atoms with Crippen LogP contribution in [0.3, 0.4) is 0 Å². The first-order valence-corrected chi connectivity index (χ1v) is 9.51. The molecule has 4 bridgehead atoms. The van der Waals surface area contributed by atoms with E-state index >= 15 is 0 Å². The lowest BCUT2D eigenvalue weighted by atomic mass is 9.49. The van der Waals surface area contributed by atoms with Gasteiger partial charge in [-0.2, -0.15) is 0 Å². The van der Waals surface area contributed by atoms with Crippen LogP contribution < -0.4 is 0 Å². The second-order valence-electron chi connectivity index (χ2n) is 9.19. The highest BCUT2D eigenvalue weighted by molar-refractivity contribution is 5.84. The molecular weight excluding hydrogens is 258 g/mol. The Balaban J connectivity index is 1.46. The van der Waals surface area contributed by atoms with Crippen molar-refractivity contribution in [1.29, 1.82) is 0 Å². The molecule has 116 valence electrons. The van der Waals surface area contributed by atoms with Gasteiger partial charge in [0.25, 0.3) is 0 Å². The lowest BCUT2D eigenvalue weighted by molar-refractivity contribution is -0.161. The summed E-state index contributed by atoms with van der Waals surface area (Å²) < 4.78 is 0. The summed E-state index contributed by atoms with van der Waals surface area (Å²) in [4.78, 5) is 16.0. The zero-order valence-electron chi connectivity index (χ0n) is 13.3. The predicted octanol–water partition coefficient (Wildman–Crippen LogP) is 4.14. The van der Waals surface area contributed by atoms with Crippen LogP contribution in [0.5, 0.6) is 0 Å². The number of hydrogen-bond donors (Lipinski definition) is 0. The second kappa shape index (κ2) is 4.26. The van der Waals surface area contributed by atoms with Crippen molar-refractivity contribution >= 4 is 5.91 Å². The summed E-state index contributed by atoms with van der Waals surface area (Å²) in [5, 5.41) is 0. The minimum absolute atomic E-state index is 0.0919. The quantitative estimate of drug-likeness (QED) is 0.710. The molecule has 1 saturated heterocycles. The molecule has 2 heteroatoms. The fourth-order valence-electron chi connectivity index (χ4n) is 7.47. The van der Waals surface area contributed by atoms with Crippen LogP contribution in [-0.2, 0) is 4.79 Å². The molecule has 1 spiro atoms. The molecule has 1 aliphatic heterocycles. The Bertz CT molecular complexity index is 421. The average Bonchev–Trinajstić information content (AvgIpc) is 3.07. The van der Waals surface area contributed by atoms with Gasteiger partial charge in [-0.3, -0.25) is 4.79 Å². The van der Waals surface area contributed by atoms with Crippen LogP contribution in [0.15, 0.2) is 0 Å². The van der Waals surface area contributed by atoms with E-state index in [1.165, 1.54) is 77.0 Å². The van der Waals surface area contributed by atoms with E-state index in [-0.39, 0.29) is 5.41 Å². The molecule has 6 aliphatic rings. The maximum absolute atomic E-state index is 13.6. The van der Waals surface area contributed by atoms with E-state index < -0.39 is 0 Å². The molecule has 5 aliphatic carbocycles. The minimum Gasteiger partial charge on any atom is -0.337 e. The number of carbonyl (C=O) groups is 1. The van der Waals surface area contributed by atoms with Gasteiger partial charge >= 0.3 is 0 Å². The lowest BCUT2D eigenvalue weighted by Gasteiger charge is -2.57. The van der Waals surface area contributed by atoms with Gasteiger partial charge in [0.15, 0.2) is 0 Å². The van der Waals surface area contributed by atoms with Gasteiger partial charge in [0.1, 0.15) is 0 Å². The van der Waals surface area contributed by atoms with Crippen molar-refractivity contribution in [2.75, 3.05) is 6.54 Å². The molecule has 0 aromatic rings. The lowest BCUT2D eigenvalue weighted by Crippen LogP contribution is -2.58. The predicted molar refractivity (Wildman–Crippen MR) is 82.8 cm³/mol. The summed E-state index contributed by atoms with van der Waals surface area (Å²) >= 11 is 0. The van der Waals surface area contributed by atoms with Gasteiger partial charge in [-0.05, 0) is 82.0 Å². The summed E-state index contributed by atoms with van der Waals surface area (Å²) in [7, 11) is 0. The van der Waals surface area contributed by atoms with E-state index in [0.717, 1.165) is 24.3 Å². The largest absolute Gasteiger partial charge is 0.337 e. The van der Waals surface area contributed by atoms with Crippen LogP contribution in [0.2, 0.25) is 0 Å². The van der Waals surface area contributed by atoms with Gasteiger partial charge in [0, 0.05) is 12.1 Å². The maximum Gasteiger partial charge on any atom is 0.229 e. The molecule has 21 heavy (non-hydrogen) atoms. The monoisotopic (exact) mass is 287 g/mol. The van der Waals surface area contributed by atoms with Gasteiger partial charge in [-0.25, -0.2) is 0 Å². The van der Waals surface area contributed by atoms with E-state index in [2.05, 4.69) is 4.90 Å². The molecule has 0 atom stereocenters. The number of rotatable bonds is 1. The zero-order chi connectivity index (χ0) is 14.1. The number of likely N-dealkylation sites (tertiary alicyclic amines) is 1. The molecule has 5 saturated carbocycles. The van der Waals surface area contributed by atoms with Crippen LogP contribution in [0, 0.1) is 23.2 Å². The van der Waals surface area contributed by atoms with Crippen LogP contribution in [0.4, 0.5) is 0 Å². The highest BCUT2D eigenvalue weighted by Gasteiger charge is 2.58. The van der Waals surface area contributed by atoms with E-state index in [1.807, 2.05) is 0 Å². The van der Waals surface area contributed by atoms with Gasteiger partial charge in [0.05, 0.1) is 5.41 Å². The van der Waals surface area contributed by atoms with Gasteiger partial charge < -0.3 is 4.90 Å². The van der Waals surface area contributed by atoms with Crippen molar-refractivity contribution in [3.8, 4) is 0 Å². The molecule has 0 N–H and O–H groups in total. The molecule has 2 nitrogen and oxygen atoms in total. The van der Waals surface area contributed by atoms with E-state index in [0.29, 0.717) is 11.4 Å². The van der Waals surface area contributed by atoms with Crippen molar-refractivity contribution in [2.24, 2.45) is 23.2 Å². The first-order chi connectivity index (χ1) is 10.2. The van der Waals surface area contributed by atoms with Crippen molar-refractivity contribution in [1.82, 2.24) is 4.90 Å². The van der Waals surface area contributed by atoms with Crippen molar-refractivity contribution < 1.29 is 4.79 Å². The highest BCUT2D eigenvalue weighted by Crippen LogP contribution is 2.61. The summed E-state index contributed by atoms with van der Waals surface area (Å²) in [6.07, 6.45) is 15.9. The van der Waals surface area contributed by atoms with Crippen LogP contribution in [0.1, 0.15) is 77.0 Å². The SMILES string of the molecule is O=C(N1CCCC12CCCC2)C12CC3CC(CC(C3)C1)C2. The van der Waals surface area contributed by atoms with Crippen LogP contribution in [0.25, 0.3) is 0 Å². The first-order valence-electron chi connectivity index (χ1n) is 9.51. The fourth-order valence-corrected chi connectivity index (χ4v) is 7.47. The molecule has 0 radical (unpaired) electrons. The average molecular weight is 287 g/mol. The van der Waals surface area contributed by atoms with Gasteiger partial charge in [-0.1, -0.05) is 12.8 Å². The Morgan fingerprint density at radius 1 is 0.810 bits per heavy atom.